The maximum Gasteiger partial charge on any atom is 0.409 e. The van der Waals surface area contributed by atoms with Crippen molar-refractivity contribution in [2.24, 2.45) is 0 Å². The van der Waals surface area contributed by atoms with Gasteiger partial charge in [-0.05, 0) is 42.3 Å². The minimum Gasteiger partial charge on any atom is -0.453 e. The van der Waals surface area contributed by atoms with E-state index in [9.17, 15) is 4.79 Å². The number of methoxy groups -OCH3 is 1. The van der Waals surface area contributed by atoms with Gasteiger partial charge in [-0.3, -0.25) is 0 Å². The fourth-order valence-electron chi connectivity index (χ4n) is 2.71. The first kappa shape index (κ1) is 15.3. The largest absolute Gasteiger partial charge is 0.453 e. The van der Waals surface area contributed by atoms with Gasteiger partial charge in [-0.15, -0.1) is 0 Å². The molecule has 8 heteroatoms. The normalized spacial score (nSPS) is 17.8. The number of benzene rings is 1. The van der Waals surface area contributed by atoms with Crippen LogP contribution in [0, 0.1) is 6.92 Å². The summed E-state index contributed by atoms with van der Waals surface area (Å²) in [5.41, 5.74) is 2.07. The average molecular weight is 316 g/mol. The second kappa shape index (κ2) is 6.64. The van der Waals surface area contributed by atoms with Gasteiger partial charge in [0.1, 0.15) is 0 Å². The monoisotopic (exact) mass is 316 g/mol. The van der Waals surface area contributed by atoms with Crippen molar-refractivity contribution >= 4 is 12.0 Å². The number of nitrogens with zero attached hydrogens (tertiary/aromatic N) is 5. The third kappa shape index (κ3) is 3.41. The number of carbonyl (C=O) groups is 1. The summed E-state index contributed by atoms with van der Waals surface area (Å²) in [5.74, 6) is 0.575. The maximum atomic E-state index is 11.7. The van der Waals surface area contributed by atoms with Gasteiger partial charge in [0.15, 0.2) is 0 Å². The van der Waals surface area contributed by atoms with Crippen LogP contribution in [0.2, 0.25) is 0 Å². The molecule has 1 amide bonds. The number of anilines is 1. The number of hydrogen-bond donors (Lipinski definition) is 1. The molecule has 0 spiro atoms. The fraction of sp³-hybridized carbons (Fsp3) is 0.467. The Hall–Kier alpha value is -2.64. The van der Waals surface area contributed by atoms with Gasteiger partial charge in [-0.25, -0.2) is 4.79 Å². The van der Waals surface area contributed by atoms with Crippen LogP contribution in [0.15, 0.2) is 24.3 Å². The third-order valence-electron chi connectivity index (χ3n) is 3.94. The number of hydrogen-bond acceptors (Lipinski definition) is 6. The van der Waals surface area contributed by atoms with Crippen LogP contribution in [0.4, 0.5) is 10.7 Å². The summed E-state index contributed by atoms with van der Waals surface area (Å²) in [6, 6.07) is 8.07. The lowest BCUT2D eigenvalue weighted by molar-refractivity contribution is 0.113. The molecule has 2 heterocycles. The van der Waals surface area contributed by atoms with Crippen molar-refractivity contribution in [3.8, 4) is 5.69 Å². The Kier molecular flexibility index (Phi) is 4.40. The molecule has 1 fully saturated rings. The van der Waals surface area contributed by atoms with E-state index in [0.717, 1.165) is 18.5 Å². The number of carbonyl (C=O) groups excluding carboxylic acids is 1. The van der Waals surface area contributed by atoms with Gasteiger partial charge < -0.3 is 15.0 Å². The number of amides is 1. The van der Waals surface area contributed by atoms with Crippen LogP contribution >= 0.6 is 0 Å². The number of rotatable bonds is 3. The minimum atomic E-state index is -0.297. The highest BCUT2D eigenvalue weighted by atomic mass is 16.5. The van der Waals surface area contributed by atoms with Crippen LogP contribution in [0.5, 0.6) is 0 Å². The predicted molar refractivity (Wildman–Crippen MR) is 84.5 cm³/mol. The zero-order valence-corrected chi connectivity index (χ0v) is 13.3. The number of tetrazole rings is 1. The first-order chi connectivity index (χ1) is 11.2. The fourth-order valence-corrected chi connectivity index (χ4v) is 2.71. The Labute approximate surface area is 134 Å². The lowest BCUT2D eigenvalue weighted by Gasteiger charge is -2.32. The van der Waals surface area contributed by atoms with Crippen LogP contribution < -0.4 is 5.32 Å². The van der Waals surface area contributed by atoms with Crippen molar-refractivity contribution < 1.29 is 9.53 Å². The Balaban J connectivity index is 1.72. The van der Waals surface area contributed by atoms with Gasteiger partial charge in [0.2, 0.25) is 5.95 Å². The van der Waals surface area contributed by atoms with Crippen molar-refractivity contribution in [3.05, 3.63) is 29.8 Å². The molecule has 1 aliphatic rings. The van der Waals surface area contributed by atoms with Crippen LogP contribution in [0.1, 0.15) is 18.4 Å². The van der Waals surface area contributed by atoms with Crippen LogP contribution in [0.25, 0.3) is 5.69 Å². The molecule has 1 aromatic heterocycles. The molecule has 0 bridgehead atoms. The molecular formula is C15H20N6O2. The summed E-state index contributed by atoms with van der Waals surface area (Å²) in [4.78, 5) is 13.4. The second-order valence-corrected chi connectivity index (χ2v) is 5.65. The van der Waals surface area contributed by atoms with Gasteiger partial charge in [0.25, 0.3) is 0 Å². The van der Waals surface area contributed by atoms with Crippen LogP contribution in [-0.2, 0) is 4.74 Å². The molecule has 2 aromatic rings. The number of aromatic nitrogens is 4. The predicted octanol–water partition coefficient (Wildman–Crippen LogP) is 1.61. The molecule has 1 atom stereocenters. The van der Waals surface area contributed by atoms with E-state index in [1.807, 2.05) is 31.2 Å². The van der Waals surface area contributed by atoms with E-state index in [1.54, 1.807) is 9.58 Å². The van der Waals surface area contributed by atoms with E-state index in [2.05, 4.69) is 20.8 Å². The number of piperidine rings is 1. The standard InChI is InChI=1S/C15H20N6O2/c1-11-5-7-13(8-6-11)21-14(17-18-19-21)16-12-4-3-9-20(10-12)15(22)23-2/h5-8,12H,3-4,9-10H2,1-2H3,(H,16,17,19). The van der Waals surface area contributed by atoms with E-state index in [-0.39, 0.29) is 12.1 Å². The van der Waals surface area contributed by atoms with Crippen LogP contribution in [0.3, 0.4) is 0 Å². The highest BCUT2D eigenvalue weighted by Gasteiger charge is 2.25. The quantitative estimate of drug-likeness (QED) is 0.926. The zero-order chi connectivity index (χ0) is 16.2. The lowest BCUT2D eigenvalue weighted by Crippen LogP contribution is -2.45. The summed E-state index contributed by atoms with van der Waals surface area (Å²) in [7, 11) is 1.40. The summed E-state index contributed by atoms with van der Waals surface area (Å²) >= 11 is 0. The topological polar surface area (TPSA) is 85.2 Å². The van der Waals surface area contributed by atoms with Gasteiger partial charge in [-0.2, -0.15) is 4.68 Å². The number of likely N-dealkylation sites (tertiary alicyclic amines) is 1. The molecule has 8 nitrogen and oxygen atoms in total. The molecule has 1 aromatic carbocycles. The highest BCUT2D eigenvalue weighted by molar-refractivity contribution is 5.67. The Morgan fingerprint density at radius 2 is 2.13 bits per heavy atom. The number of ether oxygens (including phenoxy) is 1. The highest BCUT2D eigenvalue weighted by Crippen LogP contribution is 2.17. The first-order valence-electron chi connectivity index (χ1n) is 7.62. The van der Waals surface area contributed by atoms with Crippen LogP contribution in [-0.4, -0.2) is 57.4 Å². The molecule has 1 saturated heterocycles. The van der Waals surface area contributed by atoms with Crippen molar-refractivity contribution in [2.45, 2.75) is 25.8 Å². The lowest BCUT2D eigenvalue weighted by atomic mass is 10.1. The third-order valence-corrected chi connectivity index (χ3v) is 3.94. The Morgan fingerprint density at radius 1 is 1.35 bits per heavy atom. The number of nitrogens with one attached hydrogen (secondary N) is 1. The smallest absolute Gasteiger partial charge is 0.409 e. The summed E-state index contributed by atoms with van der Waals surface area (Å²) in [6.45, 7) is 3.33. The summed E-state index contributed by atoms with van der Waals surface area (Å²) in [5, 5.41) is 15.2. The van der Waals surface area contributed by atoms with Gasteiger partial charge in [0, 0.05) is 19.1 Å². The van der Waals surface area contributed by atoms with Gasteiger partial charge in [0.05, 0.1) is 12.8 Å². The molecule has 0 aliphatic carbocycles. The summed E-state index contributed by atoms with van der Waals surface area (Å²) < 4.78 is 6.45. The molecule has 3 rings (SSSR count). The Bertz CT molecular complexity index is 669. The maximum absolute atomic E-state index is 11.7. The molecule has 122 valence electrons. The van der Waals surface area contributed by atoms with Gasteiger partial charge in [-0.1, -0.05) is 22.8 Å². The SMILES string of the molecule is COC(=O)N1CCCC(Nc2nnnn2-c2ccc(C)cc2)C1. The molecule has 23 heavy (non-hydrogen) atoms. The molecular weight excluding hydrogens is 296 g/mol. The first-order valence-corrected chi connectivity index (χ1v) is 7.62. The molecule has 0 saturated carbocycles. The van der Waals surface area contributed by atoms with Crippen molar-refractivity contribution in [2.75, 3.05) is 25.5 Å². The molecule has 1 N–H and O–H groups in total. The van der Waals surface area contributed by atoms with Gasteiger partial charge >= 0.3 is 6.09 Å². The minimum absolute atomic E-state index is 0.0954. The van der Waals surface area contributed by atoms with E-state index in [0.29, 0.717) is 19.0 Å². The van der Waals surface area contributed by atoms with E-state index in [4.69, 9.17) is 4.74 Å². The molecule has 0 radical (unpaired) electrons. The van der Waals surface area contributed by atoms with Crippen molar-refractivity contribution in [1.29, 1.82) is 0 Å². The van der Waals surface area contributed by atoms with E-state index < -0.39 is 0 Å². The van der Waals surface area contributed by atoms with E-state index >= 15 is 0 Å². The molecule has 1 unspecified atom stereocenters. The molecule has 1 aliphatic heterocycles. The summed E-state index contributed by atoms with van der Waals surface area (Å²) in [6.07, 6.45) is 1.57. The average Bonchev–Trinajstić information content (AvgIpc) is 3.03. The van der Waals surface area contributed by atoms with E-state index in [1.165, 1.54) is 12.7 Å². The number of aryl methyl sites for hydroxylation is 1. The second-order valence-electron chi connectivity index (χ2n) is 5.65. The van der Waals surface area contributed by atoms with Crippen molar-refractivity contribution in [1.82, 2.24) is 25.1 Å². The van der Waals surface area contributed by atoms with Crippen molar-refractivity contribution in [3.63, 3.8) is 0 Å². The zero-order valence-electron chi connectivity index (χ0n) is 13.3. The Morgan fingerprint density at radius 3 is 2.87 bits per heavy atom.